The molecule has 184 valence electrons. The van der Waals surface area contributed by atoms with E-state index < -0.39 is 0 Å². The van der Waals surface area contributed by atoms with Crippen molar-refractivity contribution in [2.75, 3.05) is 36.8 Å². The van der Waals surface area contributed by atoms with Crippen molar-refractivity contribution in [2.45, 2.75) is 19.0 Å². The number of rotatable bonds is 6. The molecule has 0 bridgehead atoms. The number of benzene rings is 3. The molecule has 0 radical (unpaired) electrons. The van der Waals surface area contributed by atoms with Crippen molar-refractivity contribution in [1.29, 1.82) is 0 Å². The van der Waals surface area contributed by atoms with Crippen molar-refractivity contribution in [3.8, 4) is 17.1 Å². The summed E-state index contributed by atoms with van der Waals surface area (Å²) in [6.07, 6.45) is 0. The maximum absolute atomic E-state index is 14.1. The Hall–Kier alpha value is -3.65. The van der Waals surface area contributed by atoms with E-state index in [2.05, 4.69) is 48.3 Å². The Balaban J connectivity index is 1.30. The van der Waals surface area contributed by atoms with Gasteiger partial charge in [0.15, 0.2) is 11.0 Å². The summed E-state index contributed by atoms with van der Waals surface area (Å²) in [5.74, 6) is 0.820. The Morgan fingerprint density at radius 2 is 1.50 bits per heavy atom. The first-order valence-electron chi connectivity index (χ1n) is 12.0. The molecule has 1 saturated heterocycles. The van der Waals surface area contributed by atoms with Crippen LogP contribution in [0.5, 0.6) is 0 Å². The Kier molecular flexibility index (Phi) is 7.04. The second-order valence-electron chi connectivity index (χ2n) is 8.95. The molecule has 4 aromatic rings. The fourth-order valence-electron chi connectivity index (χ4n) is 4.30. The highest BCUT2D eigenvalue weighted by atomic mass is 32.2. The molecule has 1 fully saturated rings. The van der Waals surface area contributed by atoms with E-state index in [9.17, 15) is 9.18 Å². The largest absolute Gasteiger partial charge is 0.366 e. The fourth-order valence-corrected chi connectivity index (χ4v) is 5.16. The third-order valence-corrected chi connectivity index (χ3v) is 7.30. The predicted octanol–water partition coefficient (Wildman–Crippen LogP) is 5.13. The van der Waals surface area contributed by atoms with Crippen LogP contribution in [0.4, 0.5) is 10.1 Å². The van der Waals surface area contributed by atoms with Crippen LogP contribution in [0.2, 0.25) is 0 Å². The van der Waals surface area contributed by atoms with Crippen molar-refractivity contribution in [2.24, 2.45) is 0 Å². The molecule has 1 amide bonds. The zero-order valence-electron chi connectivity index (χ0n) is 20.4. The Morgan fingerprint density at radius 1 is 0.861 bits per heavy atom. The lowest BCUT2D eigenvalue weighted by Gasteiger charge is -2.36. The van der Waals surface area contributed by atoms with Gasteiger partial charge in [0.25, 0.3) is 0 Å². The summed E-state index contributed by atoms with van der Waals surface area (Å²) in [6.45, 7) is 6.44. The quantitative estimate of drug-likeness (QED) is 0.343. The number of carbonyl (C=O) groups excluding carboxylic acids is 1. The molecule has 8 heteroatoms. The number of aryl methyl sites for hydroxylation is 2. The maximum Gasteiger partial charge on any atom is 0.233 e. The highest BCUT2D eigenvalue weighted by Gasteiger charge is 2.24. The van der Waals surface area contributed by atoms with Crippen LogP contribution in [0.25, 0.3) is 17.1 Å². The normalized spacial score (nSPS) is 13.8. The second-order valence-corrected chi connectivity index (χ2v) is 9.89. The number of amides is 1. The summed E-state index contributed by atoms with van der Waals surface area (Å²) in [7, 11) is 0. The van der Waals surface area contributed by atoms with Crippen LogP contribution in [-0.2, 0) is 4.79 Å². The zero-order valence-corrected chi connectivity index (χ0v) is 21.2. The van der Waals surface area contributed by atoms with Gasteiger partial charge in [-0.05, 0) is 38.1 Å². The second kappa shape index (κ2) is 10.5. The minimum atomic E-state index is -0.229. The van der Waals surface area contributed by atoms with Gasteiger partial charge in [-0.25, -0.2) is 4.39 Å². The van der Waals surface area contributed by atoms with Crippen LogP contribution in [0.1, 0.15) is 11.1 Å². The van der Waals surface area contributed by atoms with Crippen LogP contribution >= 0.6 is 11.8 Å². The summed E-state index contributed by atoms with van der Waals surface area (Å²) in [5.41, 5.74) is 4.86. The molecule has 0 unspecified atom stereocenters. The average molecular weight is 502 g/mol. The number of anilines is 1. The first kappa shape index (κ1) is 24.1. The predicted molar refractivity (Wildman–Crippen MR) is 142 cm³/mol. The van der Waals surface area contributed by atoms with Crippen molar-refractivity contribution >= 4 is 23.4 Å². The summed E-state index contributed by atoms with van der Waals surface area (Å²) in [4.78, 5) is 16.9. The summed E-state index contributed by atoms with van der Waals surface area (Å²) in [6, 6.07) is 23.2. The average Bonchev–Trinajstić information content (AvgIpc) is 3.32. The number of nitrogens with zero attached hydrogens (tertiary/aromatic N) is 5. The molecule has 1 aliphatic heterocycles. The van der Waals surface area contributed by atoms with E-state index >= 15 is 0 Å². The Bertz CT molecular complexity index is 1350. The molecular formula is C28H28FN5OS. The number of hydrogen-bond donors (Lipinski definition) is 0. The van der Waals surface area contributed by atoms with Gasteiger partial charge in [0.05, 0.1) is 11.4 Å². The van der Waals surface area contributed by atoms with Gasteiger partial charge in [0, 0.05) is 37.4 Å². The van der Waals surface area contributed by atoms with E-state index in [4.69, 9.17) is 0 Å². The number of carbonyl (C=O) groups is 1. The zero-order chi connectivity index (χ0) is 25.1. The van der Waals surface area contributed by atoms with Gasteiger partial charge in [0.1, 0.15) is 5.82 Å². The van der Waals surface area contributed by atoms with Crippen LogP contribution < -0.4 is 4.90 Å². The fraction of sp³-hybridized carbons (Fsp3) is 0.250. The van der Waals surface area contributed by atoms with Gasteiger partial charge >= 0.3 is 0 Å². The van der Waals surface area contributed by atoms with E-state index in [-0.39, 0.29) is 17.5 Å². The molecule has 3 aromatic carbocycles. The first-order chi connectivity index (χ1) is 17.5. The SMILES string of the molecule is Cc1ccc(-c2nnc(SCC(=O)N3CCN(c4ccccc4F)CC3)n2-c2ccc(C)cc2)cc1. The topological polar surface area (TPSA) is 54.3 Å². The molecule has 0 saturated carbocycles. The van der Waals surface area contributed by atoms with E-state index in [1.807, 2.05) is 44.7 Å². The monoisotopic (exact) mass is 501 g/mol. The summed E-state index contributed by atoms with van der Waals surface area (Å²) >= 11 is 1.39. The van der Waals surface area contributed by atoms with E-state index in [1.165, 1.54) is 29.0 Å². The third-order valence-electron chi connectivity index (χ3n) is 6.39. The molecule has 1 aromatic heterocycles. The minimum absolute atomic E-state index is 0.0449. The number of para-hydroxylation sites is 1. The van der Waals surface area contributed by atoms with Crippen LogP contribution in [0, 0.1) is 19.7 Å². The molecule has 5 rings (SSSR count). The van der Waals surface area contributed by atoms with Crippen molar-refractivity contribution in [3.05, 3.63) is 89.7 Å². The van der Waals surface area contributed by atoms with Crippen LogP contribution in [-0.4, -0.2) is 57.5 Å². The maximum atomic E-state index is 14.1. The third kappa shape index (κ3) is 5.14. The van der Waals surface area contributed by atoms with Crippen molar-refractivity contribution < 1.29 is 9.18 Å². The lowest BCUT2D eigenvalue weighted by atomic mass is 10.1. The molecule has 2 heterocycles. The number of hydrogen-bond acceptors (Lipinski definition) is 5. The summed E-state index contributed by atoms with van der Waals surface area (Å²) < 4.78 is 16.2. The molecule has 1 aliphatic rings. The highest BCUT2D eigenvalue weighted by Crippen LogP contribution is 2.29. The van der Waals surface area contributed by atoms with Gasteiger partial charge in [-0.2, -0.15) is 0 Å². The van der Waals surface area contributed by atoms with E-state index in [0.29, 0.717) is 37.0 Å². The molecule has 6 nitrogen and oxygen atoms in total. The lowest BCUT2D eigenvalue weighted by molar-refractivity contribution is -0.128. The number of aromatic nitrogens is 3. The minimum Gasteiger partial charge on any atom is -0.366 e. The van der Waals surface area contributed by atoms with E-state index in [0.717, 1.165) is 17.1 Å². The first-order valence-corrected chi connectivity index (χ1v) is 13.0. The number of piperazine rings is 1. The smallest absolute Gasteiger partial charge is 0.233 e. The van der Waals surface area contributed by atoms with E-state index in [1.54, 1.807) is 12.1 Å². The molecular weight excluding hydrogens is 473 g/mol. The van der Waals surface area contributed by atoms with Crippen molar-refractivity contribution in [3.63, 3.8) is 0 Å². The van der Waals surface area contributed by atoms with Crippen LogP contribution in [0.3, 0.4) is 0 Å². The van der Waals surface area contributed by atoms with Crippen LogP contribution in [0.15, 0.2) is 78.0 Å². The van der Waals surface area contributed by atoms with Gasteiger partial charge < -0.3 is 9.80 Å². The molecule has 0 aliphatic carbocycles. The molecule has 36 heavy (non-hydrogen) atoms. The van der Waals surface area contributed by atoms with Gasteiger partial charge in [-0.15, -0.1) is 10.2 Å². The number of halogens is 1. The van der Waals surface area contributed by atoms with Gasteiger partial charge in [0.2, 0.25) is 5.91 Å². The summed E-state index contributed by atoms with van der Waals surface area (Å²) in [5, 5.41) is 9.60. The molecule has 0 atom stereocenters. The highest BCUT2D eigenvalue weighted by molar-refractivity contribution is 7.99. The number of thioether (sulfide) groups is 1. The molecule has 0 N–H and O–H groups in total. The Morgan fingerprint density at radius 3 is 2.17 bits per heavy atom. The Labute approximate surface area is 214 Å². The lowest BCUT2D eigenvalue weighted by Crippen LogP contribution is -2.49. The standard InChI is InChI=1S/C28H28FN5OS/c1-20-7-11-22(12-8-20)27-30-31-28(34(27)23-13-9-21(2)10-14-23)36-19-26(35)33-17-15-32(16-18-33)25-6-4-3-5-24(25)29/h3-14H,15-19H2,1-2H3. The molecule has 0 spiro atoms. The van der Waals surface area contributed by atoms with Crippen molar-refractivity contribution in [1.82, 2.24) is 19.7 Å². The van der Waals surface area contributed by atoms with Gasteiger partial charge in [-0.3, -0.25) is 9.36 Å². The van der Waals surface area contributed by atoms with Gasteiger partial charge in [-0.1, -0.05) is 71.4 Å².